The third-order valence-electron chi connectivity index (χ3n) is 3.65. The van der Waals surface area contributed by atoms with Gasteiger partial charge in [-0.05, 0) is 33.1 Å². The van der Waals surface area contributed by atoms with Gasteiger partial charge in [0.05, 0.1) is 10.9 Å². The molecule has 9 heteroatoms. The lowest BCUT2D eigenvalue weighted by atomic mass is 10.3. The van der Waals surface area contributed by atoms with Crippen LogP contribution < -0.4 is 4.90 Å². The van der Waals surface area contributed by atoms with Crippen LogP contribution in [0.4, 0.5) is 13.9 Å². The van der Waals surface area contributed by atoms with Crippen LogP contribution in [-0.4, -0.2) is 52.9 Å². The first-order valence-corrected chi connectivity index (χ1v) is 8.75. The maximum absolute atomic E-state index is 14.0. The lowest BCUT2D eigenvalue weighted by Gasteiger charge is -2.20. The summed E-state index contributed by atoms with van der Waals surface area (Å²) in [6.07, 6.45) is 4.96. The molecule has 1 amide bonds. The number of aromatic nitrogens is 3. The van der Waals surface area contributed by atoms with Gasteiger partial charge in [0.2, 0.25) is 0 Å². The monoisotopic (exact) mass is 377 g/mol. The standard InChI is InChI=1S/C17H17F2N5OS/c1-23(2)6-3-7-24(16(25)13-10-20-4-5-21-13)17-22-15-12(19)8-11(18)9-14(15)26-17/h4-5,8-10H,3,6-7H2,1-2H3. The van der Waals surface area contributed by atoms with Crippen molar-refractivity contribution in [3.63, 3.8) is 0 Å². The van der Waals surface area contributed by atoms with Gasteiger partial charge in [0.25, 0.3) is 5.91 Å². The summed E-state index contributed by atoms with van der Waals surface area (Å²) in [6, 6.07) is 2.00. The number of anilines is 1. The highest BCUT2D eigenvalue weighted by Gasteiger charge is 2.23. The molecule has 0 aliphatic heterocycles. The van der Waals surface area contributed by atoms with E-state index in [2.05, 4.69) is 15.0 Å². The van der Waals surface area contributed by atoms with Gasteiger partial charge in [-0.15, -0.1) is 0 Å². The number of fused-ring (bicyclic) bond motifs is 1. The van der Waals surface area contributed by atoms with E-state index in [0.29, 0.717) is 22.8 Å². The highest BCUT2D eigenvalue weighted by molar-refractivity contribution is 7.22. The molecular formula is C17H17F2N5OS. The molecular weight excluding hydrogens is 360 g/mol. The quantitative estimate of drug-likeness (QED) is 0.661. The highest BCUT2D eigenvalue weighted by atomic mass is 32.1. The largest absolute Gasteiger partial charge is 0.309 e. The molecule has 0 saturated heterocycles. The lowest BCUT2D eigenvalue weighted by molar-refractivity contribution is 0.0981. The molecule has 2 aromatic heterocycles. The number of amides is 1. The van der Waals surface area contributed by atoms with Crippen LogP contribution in [0, 0.1) is 11.6 Å². The third-order valence-corrected chi connectivity index (χ3v) is 4.67. The van der Waals surface area contributed by atoms with E-state index in [1.807, 2.05) is 19.0 Å². The first kappa shape index (κ1) is 18.3. The van der Waals surface area contributed by atoms with Crippen molar-refractivity contribution < 1.29 is 13.6 Å². The molecule has 0 aliphatic carbocycles. The van der Waals surface area contributed by atoms with Gasteiger partial charge < -0.3 is 4.90 Å². The second kappa shape index (κ2) is 7.79. The summed E-state index contributed by atoms with van der Waals surface area (Å²) in [5, 5.41) is 0.305. The number of benzene rings is 1. The SMILES string of the molecule is CN(C)CCCN(C(=O)c1cnccn1)c1nc2c(F)cc(F)cc2s1. The van der Waals surface area contributed by atoms with Gasteiger partial charge in [0, 0.05) is 25.0 Å². The zero-order valence-corrected chi connectivity index (χ0v) is 15.1. The van der Waals surface area contributed by atoms with Crippen molar-refractivity contribution in [3.05, 3.63) is 48.1 Å². The molecule has 0 N–H and O–H groups in total. The normalized spacial score (nSPS) is 11.3. The Bertz CT molecular complexity index is 916. The Hall–Kier alpha value is -2.52. The van der Waals surface area contributed by atoms with Crippen LogP contribution in [0.5, 0.6) is 0 Å². The van der Waals surface area contributed by atoms with E-state index in [-0.39, 0.29) is 17.1 Å². The van der Waals surface area contributed by atoms with Gasteiger partial charge in [-0.1, -0.05) is 11.3 Å². The van der Waals surface area contributed by atoms with Crippen molar-refractivity contribution in [2.75, 3.05) is 32.1 Å². The van der Waals surface area contributed by atoms with E-state index < -0.39 is 11.6 Å². The number of nitrogens with zero attached hydrogens (tertiary/aromatic N) is 5. The predicted molar refractivity (Wildman–Crippen MR) is 96.4 cm³/mol. The van der Waals surface area contributed by atoms with Crippen LogP contribution in [-0.2, 0) is 0 Å². The zero-order chi connectivity index (χ0) is 18.7. The van der Waals surface area contributed by atoms with Crippen LogP contribution >= 0.6 is 11.3 Å². The van der Waals surface area contributed by atoms with Crippen LogP contribution in [0.25, 0.3) is 10.2 Å². The molecule has 26 heavy (non-hydrogen) atoms. The molecule has 0 aliphatic rings. The second-order valence-corrected chi connectivity index (χ2v) is 6.94. The van der Waals surface area contributed by atoms with E-state index >= 15 is 0 Å². The molecule has 0 unspecified atom stereocenters. The van der Waals surface area contributed by atoms with Gasteiger partial charge in [0.15, 0.2) is 10.9 Å². The molecule has 2 heterocycles. The Balaban J connectivity index is 1.97. The molecule has 0 atom stereocenters. The van der Waals surface area contributed by atoms with Crippen LogP contribution in [0.1, 0.15) is 16.9 Å². The summed E-state index contributed by atoms with van der Waals surface area (Å²) >= 11 is 1.07. The minimum Gasteiger partial charge on any atom is -0.309 e. The van der Waals surface area contributed by atoms with Gasteiger partial charge in [-0.25, -0.2) is 18.7 Å². The molecule has 3 rings (SSSR count). The number of rotatable bonds is 6. The molecule has 3 aromatic rings. The molecule has 136 valence electrons. The number of thiazole rings is 1. The van der Waals surface area contributed by atoms with Gasteiger partial charge in [-0.3, -0.25) is 14.7 Å². The average molecular weight is 377 g/mol. The summed E-state index contributed by atoms with van der Waals surface area (Å²) in [6.45, 7) is 1.13. The predicted octanol–water partition coefficient (Wildman–Crippen LogP) is 2.96. The fourth-order valence-electron chi connectivity index (χ4n) is 2.44. The van der Waals surface area contributed by atoms with E-state index in [0.717, 1.165) is 23.9 Å². The van der Waals surface area contributed by atoms with E-state index in [1.165, 1.54) is 29.6 Å². The molecule has 0 saturated carbocycles. The Kier molecular flexibility index (Phi) is 5.48. The Labute approximate surface area is 153 Å². The summed E-state index contributed by atoms with van der Waals surface area (Å²) in [5.41, 5.74) is 0.221. The minimum atomic E-state index is -0.748. The number of hydrogen-bond acceptors (Lipinski definition) is 6. The van der Waals surface area contributed by atoms with Crippen LogP contribution in [0.3, 0.4) is 0 Å². The van der Waals surface area contributed by atoms with E-state index in [1.54, 1.807) is 0 Å². The highest BCUT2D eigenvalue weighted by Crippen LogP contribution is 2.31. The number of halogens is 2. The smallest absolute Gasteiger partial charge is 0.280 e. The fourth-order valence-corrected chi connectivity index (χ4v) is 3.47. The van der Waals surface area contributed by atoms with Crippen molar-refractivity contribution in [1.29, 1.82) is 0 Å². The van der Waals surface area contributed by atoms with Crippen molar-refractivity contribution in [3.8, 4) is 0 Å². The van der Waals surface area contributed by atoms with Crippen molar-refractivity contribution in [2.24, 2.45) is 0 Å². The number of hydrogen-bond donors (Lipinski definition) is 0. The molecule has 0 fully saturated rings. The van der Waals surface area contributed by atoms with E-state index in [4.69, 9.17) is 0 Å². The van der Waals surface area contributed by atoms with Crippen molar-refractivity contribution >= 4 is 32.6 Å². The molecule has 0 spiro atoms. The Morgan fingerprint density at radius 3 is 2.69 bits per heavy atom. The molecule has 0 radical (unpaired) electrons. The van der Waals surface area contributed by atoms with E-state index in [9.17, 15) is 13.6 Å². The summed E-state index contributed by atoms with van der Waals surface area (Å²) in [7, 11) is 3.87. The Morgan fingerprint density at radius 1 is 1.19 bits per heavy atom. The summed E-state index contributed by atoms with van der Waals surface area (Å²) < 4.78 is 27.8. The van der Waals surface area contributed by atoms with Crippen LogP contribution in [0.2, 0.25) is 0 Å². The lowest BCUT2D eigenvalue weighted by Crippen LogP contribution is -2.34. The van der Waals surface area contributed by atoms with Crippen molar-refractivity contribution in [2.45, 2.75) is 6.42 Å². The summed E-state index contributed by atoms with van der Waals surface area (Å²) in [4.78, 5) is 28.5. The topological polar surface area (TPSA) is 62.2 Å². The van der Waals surface area contributed by atoms with Gasteiger partial charge in [-0.2, -0.15) is 0 Å². The molecule has 6 nitrogen and oxygen atoms in total. The molecule has 1 aromatic carbocycles. The average Bonchev–Trinajstić information content (AvgIpc) is 3.02. The third kappa shape index (κ3) is 4.00. The summed E-state index contributed by atoms with van der Waals surface area (Å²) in [5.74, 6) is -1.80. The van der Waals surface area contributed by atoms with Gasteiger partial charge >= 0.3 is 0 Å². The maximum atomic E-state index is 14.0. The number of carbonyl (C=O) groups excluding carboxylic acids is 1. The first-order valence-electron chi connectivity index (χ1n) is 7.94. The minimum absolute atomic E-state index is 0.0518. The maximum Gasteiger partial charge on any atom is 0.280 e. The second-order valence-electron chi connectivity index (χ2n) is 5.94. The molecule has 0 bridgehead atoms. The number of carbonyl (C=O) groups is 1. The van der Waals surface area contributed by atoms with Crippen molar-refractivity contribution in [1.82, 2.24) is 19.9 Å². The zero-order valence-electron chi connectivity index (χ0n) is 14.3. The van der Waals surface area contributed by atoms with Crippen LogP contribution in [0.15, 0.2) is 30.7 Å². The Morgan fingerprint density at radius 2 is 2.00 bits per heavy atom. The van der Waals surface area contributed by atoms with Gasteiger partial charge in [0.1, 0.15) is 17.0 Å². The first-order chi connectivity index (χ1) is 12.5. The fraction of sp³-hybridized carbons (Fsp3) is 0.294.